The van der Waals surface area contributed by atoms with Gasteiger partial charge in [0.25, 0.3) is 11.8 Å². The van der Waals surface area contributed by atoms with Crippen LogP contribution in [-0.4, -0.2) is 57.7 Å². The summed E-state index contributed by atoms with van der Waals surface area (Å²) < 4.78 is 7.01. The van der Waals surface area contributed by atoms with Gasteiger partial charge in [0.2, 0.25) is 5.88 Å². The molecule has 10 heteroatoms. The van der Waals surface area contributed by atoms with Crippen LogP contribution >= 0.6 is 0 Å². The standard InChI is InChI=1S/C20H25N5O5/c1-4-30-12-11-24-14-8-6-5-7-13(14)16(17(24)27)23-22-15(26)9-10-25-18(28)20(2,3)21-19(25)29/h5-8,27H,4,9-12H2,1-3H3,(H,21,29). The molecule has 0 unspecified atom stereocenters. The van der Waals surface area contributed by atoms with Crippen molar-refractivity contribution in [1.29, 1.82) is 0 Å². The Morgan fingerprint density at radius 3 is 2.63 bits per heavy atom. The molecule has 0 spiro atoms. The normalized spacial score (nSPS) is 16.0. The van der Waals surface area contributed by atoms with Gasteiger partial charge in [0, 0.05) is 31.5 Å². The number of nitrogens with zero attached hydrogens (tertiary/aromatic N) is 4. The van der Waals surface area contributed by atoms with Gasteiger partial charge in [0.05, 0.1) is 12.1 Å². The number of para-hydroxylation sites is 1. The molecule has 1 fully saturated rings. The highest BCUT2D eigenvalue weighted by molar-refractivity contribution is 6.06. The van der Waals surface area contributed by atoms with Crippen LogP contribution < -0.4 is 5.32 Å². The second-order valence-electron chi connectivity index (χ2n) is 7.39. The van der Waals surface area contributed by atoms with Crippen molar-refractivity contribution in [2.45, 2.75) is 39.3 Å². The lowest BCUT2D eigenvalue weighted by atomic mass is 10.1. The van der Waals surface area contributed by atoms with E-state index in [1.54, 1.807) is 30.5 Å². The number of carbonyl (C=O) groups excluding carboxylic acids is 3. The zero-order chi connectivity index (χ0) is 21.9. The lowest BCUT2D eigenvalue weighted by Crippen LogP contribution is -2.40. The Balaban J connectivity index is 1.73. The van der Waals surface area contributed by atoms with E-state index in [-0.39, 0.29) is 24.5 Å². The van der Waals surface area contributed by atoms with Crippen LogP contribution in [0.4, 0.5) is 10.5 Å². The molecule has 1 aromatic heterocycles. The topological polar surface area (TPSA) is 126 Å². The Bertz CT molecular complexity index is 1010. The summed E-state index contributed by atoms with van der Waals surface area (Å²) in [6, 6.07) is 6.71. The maximum absolute atomic E-state index is 12.2. The first-order valence-electron chi connectivity index (χ1n) is 9.73. The summed E-state index contributed by atoms with van der Waals surface area (Å²) in [5, 5.41) is 21.4. The second kappa shape index (κ2) is 8.62. The molecule has 2 aromatic rings. The van der Waals surface area contributed by atoms with Gasteiger partial charge in [-0.3, -0.25) is 14.5 Å². The van der Waals surface area contributed by atoms with Gasteiger partial charge in [-0.15, -0.1) is 10.2 Å². The lowest BCUT2D eigenvalue weighted by Gasteiger charge is -2.14. The summed E-state index contributed by atoms with van der Waals surface area (Å²) >= 11 is 0. The van der Waals surface area contributed by atoms with Crippen molar-refractivity contribution in [3.05, 3.63) is 24.3 Å². The first kappa shape index (κ1) is 21.4. The number of aromatic hydroxyl groups is 1. The fourth-order valence-electron chi connectivity index (χ4n) is 3.28. The van der Waals surface area contributed by atoms with Gasteiger partial charge in [-0.1, -0.05) is 18.2 Å². The number of hydrogen-bond donors (Lipinski definition) is 2. The van der Waals surface area contributed by atoms with Crippen LogP contribution in [0.15, 0.2) is 34.5 Å². The number of benzene rings is 1. The third-order valence-corrected chi connectivity index (χ3v) is 4.84. The molecule has 10 nitrogen and oxygen atoms in total. The number of carbonyl (C=O) groups is 3. The zero-order valence-corrected chi connectivity index (χ0v) is 17.2. The average Bonchev–Trinajstić information content (AvgIpc) is 3.08. The maximum Gasteiger partial charge on any atom is 0.325 e. The van der Waals surface area contributed by atoms with Crippen molar-refractivity contribution in [3.8, 4) is 5.88 Å². The molecule has 2 heterocycles. The van der Waals surface area contributed by atoms with Crippen molar-refractivity contribution in [1.82, 2.24) is 14.8 Å². The van der Waals surface area contributed by atoms with Crippen LogP contribution in [0.3, 0.4) is 0 Å². The summed E-state index contributed by atoms with van der Waals surface area (Å²) in [6.07, 6.45) is -0.164. The van der Waals surface area contributed by atoms with Crippen LogP contribution in [0, 0.1) is 0 Å². The Labute approximate surface area is 173 Å². The molecule has 0 bridgehead atoms. The van der Waals surface area contributed by atoms with E-state index in [9.17, 15) is 19.5 Å². The number of imide groups is 1. The van der Waals surface area contributed by atoms with Crippen LogP contribution in [0.1, 0.15) is 27.2 Å². The molecule has 2 N–H and O–H groups in total. The minimum Gasteiger partial charge on any atom is -0.493 e. The van der Waals surface area contributed by atoms with Gasteiger partial charge in [0.1, 0.15) is 5.54 Å². The van der Waals surface area contributed by atoms with Gasteiger partial charge in [-0.2, -0.15) is 0 Å². The molecule has 3 rings (SSSR count). The minimum absolute atomic E-state index is 0.0892. The molecule has 4 amide bonds. The van der Waals surface area contributed by atoms with Crippen molar-refractivity contribution < 1.29 is 24.2 Å². The van der Waals surface area contributed by atoms with E-state index in [2.05, 4.69) is 15.5 Å². The van der Waals surface area contributed by atoms with Gasteiger partial charge in [-0.05, 0) is 26.8 Å². The van der Waals surface area contributed by atoms with Gasteiger partial charge >= 0.3 is 6.03 Å². The van der Waals surface area contributed by atoms with Crippen LogP contribution in [-0.2, 0) is 20.9 Å². The van der Waals surface area contributed by atoms with Gasteiger partial charge in [0.15, 0.2) is 5.69 Å². The fraction of sp³-hybridized carbons (Fsp3) is 0.450. The molecule has 160 valence electrons. The van der Waals surface area contributed by atoms with E-state index in [4.69, 9.17) is 4.74 Å². The number of fused-ring (bicyclic) bond motifs is 1. The number of nitrogens with one attached hydrogen (secondary N) is 1. The minimum atomic E-state index is -0.989. The molecule has 1 aliphatic heterocycles. The summed E-state index contributed by atoms with van der Waals surface area (Å²) in [5.41, 5.74) is -0.0548. The molecule has 0 saturated carbocycles. The Morgan fingerprint density at radius 1 is 1.23 bits per heavy atom. The maximum atomic E-state index is 12.2. The van der Waals surface area contributed by atoms with E-state index in [1.807, 2.05) is 19.1 Å². The molecule has 1 aromatic carbocycles. The number of hydrogen-bond acceptors (Lipinski definition) is 6. The number of azo groups is 1. The van der Waals surface area contributed by atoms with Gasteiger partial charge in [-0.25, -0.2) is 4.79 Å². The summed E-state index contributed by atoms with van der Waals surface area (Å²) in [4.78, 5) is 37.2. The molecule has 1 aliphatic rings. The quantitative estimate of drug-likeness (QED) is 0.389. The van der Waals surface area contributed by atoms with E-state index in [1.165, 1.54) is 0 Å². The number of rotatable bonds is 8. The SMILES string of the molecule is CCOCCn1c(O)c(N=NC(=O)CCN2C(=O)NC(C)(C)C2=O)c2ccccc21. The van der Waals surface area contributed by atoms with Crippen molar-refractivity contribution >= 4 is 34.4 Å². The van der Waals surface area contributed by atoms with E-state index < -0.39 is 23.4 Å². The summed E-state index contributed by atoms with van der Waals surface area (Å²) in [5.74, 6) is -1.11. The lowest BCUT2D eigenvalue weighted by molar-refractivity contribution is -0.130. The largest absolute Gasteiger partial charge is 0.493 e. The summed E-state index contributed by atoms with van der Waals surface area (Å²) in [7, 11) is 0. The molecule has 0 aliphatic carbocycles. The van der Waals surface area contributed by atoms with Crippen LogP contribution in [0.5, 0.6) is 5.88 Å². The van der Waals surface area contributed by atoms with Crippen LogP contribution in [0.2, 0.25) is 0 Å². The fourth-order valence-corrected chi connectivity index (χ4v) is 3.28. The zero-order valence-electron chi connectivity index (χ0n) is 17.2. The predicted octanol–water partition coefficient (Wildman–Crippen LogP) is 2.71. The third-order valence-electron chi connectivity index (χ3n) is 4.84. The highest BCUT2D eigenvalue weighted by Crippen LogP contribution is 2.38. The van der Waals surface area contributed by atoms with E-state index in [0.717, 1.165) is 10.4 Å². The molecule has 30 heavy (non-hydrogen) atoms. The average molecular weight is 415 g/mol. The van der Waals surface area contributed by atoms with Crippen molar-refractivity contribution in [2.75, 3.05) is 19.8 Å². The number of amides is 4. The molecule has 1 saturated heterocycles. The number of ether oxygens (including phenoxy) is 1. The van der Waals surface area contributed by atoms with Crippen molar-refractivity contribution in [2.24, 2.45) is 10.2 Å². The molecule has 0 atom stereocenters. The smallest absolute Gasteiger partial charge is 0.325 e. The highest BCUT2D eigenvalue weighted by atomic mass is 16.5. The highest BCUT2D eigenvalue weighted by Gasteiger charge is 2.44. The van der Waals surface area contributed by atoms with E-state index in [0.29, 0.717) is 25.1 Å². The Hall–Kier alpha value is -3.27. The molecular weight excluding hydrogens is 390 g/mol. The van der Waals surface area contributed by atoms with E-state index >= 15 is 0 Å². The second-order valence-corrected chi connectivity index (χ2v) is 7.39. The van der Waals surface area contributed by atoms with Crippen molar-refractivity contribution in [3.63, 3.8) is 0 Å². The van der Waals surface area contributed by atoms with Crippen LogP contribution in [0.25, 0.3) is 10.9 Å². The summed E-state index contributed by atoms with van der Waals surface area (Å²) in [6.45, 7) is 6.40. The number of aromatic nitrogens is 1. The third kappa shape index (κ3) is 4.18. The first-order chi connectivity index (χ1) is 14.3. The monoisotopic (exact) mass is 415 g/mol. The molecule has 0 radical (unpaired) electrons. The Morgan fingerprint density at radius 2 is 1.97 bits per heavy atom. The van der Waals surface area contributed by atoms with Gasteiger partial charge < -0.3 is 19.7 Å². The Kier molecular flexibility index (Phi) is 6.16. The molecular formula is C20H25N5O5. The first-order valence-corrected chi connectivity index (χ1v) is 9.73. The predicted molar refractivity (Wildman–Crippen MR) is 109 cm³/mol. The number of urea groups is 1.